The molecular formula is C24H26ClN5O3. The number of para-hydroxylation sites is 1. The number of rotatable bonds is 7. The van der Waals surface area contributed by atoms with Crippen molar-refractivity contribution in [2.45, 2.75) is 0 Å². The number of hydrogen-bond acceptors (Lipinski definition) is 7. The summed E-state index contributed by atoms with van der Waals surface area (Å²) in [5.74, 6) is 1.10. The molecule has 1 fully saturated rings. The maximum Gasteiger partial charge on any atom is 0.253 e. The van der Waals surface area contributed by atoms with Crippen LogP contribution in [-0.4, -0.2) is 51.4 Å². The number of benzene rings is 2. The molecule has 33 heavy (non-hydrogen) atoms. The third kappa shape index (κ3) is 5.30. The van der Waals surface area contributed by atoms with Crippen molar-refractivity contribution in [2.24, 2.45) is 0 Å². The molecule has 0 atom stereocenters. The Morgan fingerprint density at radius 2 is 1.85 bits per heavy atom. The van der Waals surface area contributed by atoms with E-state index in [4.69, 9.17) is 21.1 Å². The first-order valence-corrected chi connectivity index (χ1v) is 11.0. The van der Waals surface area contributed by atoms with Gasteiger partial charge in [-0.25, -0.2) is 4.98 Å². The highest BCUT2D eigenvalue weighted by Crippen LogP contribution is 2.34. The summed E-state index contributed by atoms with van der Waals surface area (Å²) in [4.78, 5) is 18.9. The summed E-state index contributed by atoms with van der Waals surface area (Å²) < 4.78 is 11.1. The first-order valence-electron chi connectivity index (χ1n) is 10.6. The van der Waals surface area contributed by atoms with Crippen molar-refractivity contribution in [1.82, 2.24) is 10.3 Å². The van der Waals surface area contributed by atoms with E-state index in [-0.39, 0.29) is 5.91 Å². The van der Waals surface area contributed by atoms with Gasteiger partial charge in [-0.1, -0.05) is 23.7 Å². The third-order valence-electron chi connectivity index (χ3n) is 5.35. The number of halogens is 1. The highest BCUT2D eigenvalue weighted by molar-refractivity contribution is 6.33. The minimum absolute atomic E-state index is 0.188. The molecule has 1 aliphatic rings. The normalized spacial score (nSPS) is 13.4. The smallest absolute Gasteiger partial charge is 0.253 e. The Morgan fingerprint density at radius 1 is 1.06 bits per heavy atom. The summed E-state index contributed by atoms with van der Waals surface area (Å²) in [6.07, 6.45) is 1.56. The highest BCUT2D eigenvalue weighted by atomic mass is 35.5. The first kappa shape index (κ1) is 22.7. The second-order valence-corrected chi connectivity index (χ2v) is 7.82. The zero-order valence-electron chi connectivity index (χ0n) is 18.5. The van der Waals surface area contributed by atoms with E-state index in [0.29, 0.717) is 33.5 Å². The lowest BCUT2D eigenvalue weighted by atomic mass is 10.1. The molecule has 1 aliphatic heterocycles. The molecule has 0 saturated carbocycles. The fourth-order valence-electron chi connectivity index (χ4n) is 3.61. The van der Waals surface area contributed by atoms with Crippen molar-refractivity contribution in [3.63, 3.8) is 0 Å². The molecule has 4 rings (SSSR count). The number of anilines is 5. The van der Waals surface area contributed by atoms with Crippen LogP contribution in [0.1, 0.15) is 10.4 Å². The maximum absolute atomic E-state index is 12.2. The summed E-state index contributed by atoms with van der Waals surface area (Å²) in [7, 11) is 3.24. The number of methoxy groups -OCH3 is 1. The lowest BCUT2D eigenvalue weighted by Crippen LogP contribution is -2.36. The number of nitrogens with one attached hydrogen (secondary N) is 3. The summed E-state index contributed by atoms with van der Waals surface area (Å²) >= 11 is 6.39. The van der Waals surface area contributed by atoms with Gasteiger partial charge in [0.1, 0.15) is 11.6 Å². The van der Waals surface area contributed by atoms with E-state index in [0.717, 1.165) is 37.7 Å². The molecule has 3 N–H and O–H groups in total. The van der Waals surface area contributed by atoms with Crippen LogP contribution in [0.2, 0.25) is 5.02 Å². The molecule has 1 saturated heterocycles. The van der Waals surface area contributed by atoms with Gasteiger partial charge in [0.2, 0.25) is 0 Å². The van der Waals surface area contributed by atoms with E-state index >= 15 is 0 Å². The summed E-state index contributed by atoms with van der Waals surface area (Å²) in [6, 6.07) is 15.0. The average Bonchev–Trinajstić information content (AvgIpc) is 2.86. The minimum Gasteiger partial charge on any atom is -0.494 e. The van der Waals surface area contributed by atoms with Crippen molar-refractivity contribution in [2.75, 3.05) is 56.0 Å². The molecule has 8 nitrogen and oxygen atoms in total. The van der Waals surface area contributed by atoms with Crippen molar-refractivity contribution < 1.29 is 14.3 Å². The molecule has 3 aromatic rings. The van der Waals surface area contributed by atoms with Crippen LogP contribution in [0.25, 0.3) is 0 Å². The van der Waals surface area contributed by atoms with E-state index in [1.165, 1.54) is 0 Å². The molecule has 1 amide bonds. The lowest BCUT2D eigenvalue weighted by molar-refractivity contribution is 0.0964. The Morgan fingerprint density at radius 3 is 2.61 bits per heavy atom. The number of nitrogens with zero attached hydrogens (tertiary/aromatic N) is 2. The van der Waals surface area contributed by atoms with Crippen LogP contribution in [-0.2, 0) is 4.74 Å². The minimum atomic E-state index is -0.188. The van der Waals surface area contributed by atoms with Gasteiger partial charge in [-0.05, 0) is 24.3 Å². The fourth-order valence-corrected chi connectivity index (χ4v) is 3.76. The molecular weight excluding hydrogens is 442 g/mol. The Labute approximate surface area is 197 Å². The van der Waals surface area contributed by atoms with Gasteiger partial charge in [-0.2, -0.15) is 0 Å². The quantitative estimate of drug-likeness (QED) is 0.473. The van der Waals surface area contributed by atoms with Crippen molar-refractivity contribution in [3.05, 3.63) is 65.3 Å². The van der Waals surface area contributed by atoms with Crippen molar-refractivity contribution >= 4 is 46.1 Å². The largest absolute Gasteiger partial charge is 0.494 e. The highest BCUT2D eigenvalue weighted by Gasteiger charge is 2.15. The Hall–Kier alpha value is -3.49. The second kappa shape index (κ2) is 10.4. The molecule has 0 radical (unpaired) electrons. The third-order valence-corrected chi connectivity index (χ3v) is 5.65. The number of pyridine rings is 1. The number of ether oxygens (including phenoxy) is 2. The lowest BCUT2D eigenvalue weighted by Gasteiger charge is -2.29. The van der Waals surface area contributed by atoms with Crippen LogP contribution in [0.4, 0.5) is 28.6 Å². The van der Waals surface area contributed by atoms with Gasteiger partial charge < -0.3 is 30.3 Å². The molecule has 0 aliphatic carbocycles. The van der Waals surface area contributed by atoms with E-state index < -0.39 is 0 Å². The van der Waals surface area contributed by atoms with E-state index in [2.05, 4.69) is 25.8 Å². The van der Waals surface area contributed by atoms with E-state index in [1.54, 1.807) is 32.5 Å². The molecule has 2 heterocycles. The van der Waals surface area contributed by atoms with Crippen LogP contribution in [0.5, 0.6) is 5.75 Å². The van der Waals surface area contributed by atoms with Gasteiger partial charge in [0.15, 0.2) is 0 Å². The van der Waals surface area contributed by atoms with Crippen LogP contribution >= 0.6 is 11.6 Å². The number of hydrogen-bond donors (Lipinski definition) is 3. The van der Waals surface area contributed by atoms with Gasteiger partial charge in [-0.3, -0.25) is 4.79 Å². The molecule has 9 heteroatoms. The van der Waals surface area contributed by atoms with Gasteiger partial charge in [-0.15, -0.1) is 0 Å². The fraction of sp³-hybridized carbons (Fsp3) is 0.250. The van der Waals surface area contributed by atoms with Crippen LogP contribution in [0.15, 0.2) is 54.7 Å². The van der Waals surface area contributed by atoms with Crippen LogP contribution in [0.3, 0.4) is 0 Å². The number of carbonyl (C=O) groups excluding carboxylic acids is 1. The molecule has 0 unspecified atom stereocenters. The van der Waals surface area contributed by atoms with Gasteiger partial charge in [0.05, 0.1) is 54.2 Å². The van der Waals surface area contributed by atoms with Gasteiger partial charge in [0, 0.05) is 38.0 Å². The van der Waals surface area contributed by atoms with Gasteiger partial charge >= 0.3 is 0 Å². The molecule has 2 aromatic carbocycles. The number of carbonyl (C=O) groups is 1. The number of morpholine rings is 1. The number of amides is 1. The monoisotopic (exact) mass is 467 g/mol. The molecule has 172 valence electrons. The van der Waals surface area contributed by atoms with Crippen LogP contribution < -0.4 is 25.6 Å². The van der Waals surface area contributed by atoms with Crippen LogP contribution in [0, 0.1) is 0 Å². The van der Waals surface area contributed by atoms with Gasteiger partial charge in [0.25, 0.3) is 5.91 Å². The second-order valence-electron chi connectivity index (χ2n) is 7.41. The predicted octanol–water partition coefficient (Wildman–Crippen LogP) is 4.43. The summed E-state index contributed by atoms with van der Waals surface area (Å²) in [6.45, 7) is 3.13. The average molecular weight is 468 g/mol. The van der Waals surface area contributed by atoms with E-state index in [9.17, 15) is 4.79 Å². The predicted molar refractivity (Wildman–Crippen MR) is 132 cm³/mol. The molecule has 0 bridgehead atoms. The van der Waals surface area contributed by atoms with E-state index in [1.807, 2.05) is 36.4 Å². The maximum atomic E-state index is 12.2. The Balaban J connectivity index is 1.57. The Kier molecular flexibility index (Phi) is 7.16. The zero-order valence-corrected chi connectivity index (χ0v) is 19.3. The Bertz CT molecular complexity index is 1130. The molecule has 1 aromatic heterocycles. The molecule has 0 spiro atoms. The van der Waals surface area contributed by atoms with Crippen molar-refractivity contribution in [1.29, 1.82) is 0 Å². The summed E-state index contributed by atoms with van der Waals surface area (Å²) in [5, 5.41) is 9.62. The number of aromatic nitrogens is 1. The zero-order chi connectivity index (χ0) is 23.2. The van der Waals surface area contributed by atoms with Crippen molar-refractivity contribution in [3.8, 4) is 5.75 Å². The first-order chi connectivity index (χ1) is 16.1. The SMILES string of the molecule is CNC(=O)c1ccccc1Nc1cc(Nc2ccc(N3CCOCC3)cc2OC)ncc1Cl. The standard InChI is InChI=1S/C24H26ClN5O3/c1-26-24(31)17-5-3-4-6-19(17)28-21-14-23(27-15-18(21)25)29-20-8-7-16(13-22(20)32-2)30-9-11-33-12-10-30/h3-8,13-15H,9-12H2,1-2H3,(H,26,31)(H2,27,28,29). The topological polar surface area (TPSA) is 87.8 Å². The summed E-state index contributed by atoms with van der Waals surface area (Å²) in [5.41, 5.74) is 3.64.